The van der Waals surface area contributed by atoms with Gasteiger partial charge in [-0.25, -0.2) is 13.2 Å². The second-order valence-electron chi connectivity index (χ2n) is 7.07. The standard InChI is InChI=1S/C15HF23O/c16-2-1(6(39)5(19)4(18)3(2)17)7(20,21)8(22,23)9(24,25)10(26,27)11(28,29)12(30,31)13(32,33)14(34,35)15(36,37)38/h39H. The molecule has 0 unspecified atom stereocenters. The Morgan fingerprint density at radius 1 is 0.333 bits per heavy atom. The van der Waals surface area contributed by atoms with Crippen molar-refractivity contribution in [2.45, 2.75) is 53.6 Å². The molecular formula is C15HF23O. The van der Waals surface area contributed by atoms with Crippen molar-refractivity contribution in [3.8, 4) is 5.75 Å². The average molecular weight is 634 g/mol. The third-order valence-electron chi connectivity index (χ3n) is 4.67. The minimum absolute atomic E-state index is 3.39. The molecule has 0 aliphatic carbocycles. The summed E-state index contributed by atoms with van der Waals surface area (Å²) in [5.41, 5.74) is -4.29. The largest absolute Gasteiger partial charge is 0.504 e. The summed E-state index contributed by atoms with van der Waals surface area (Å²) in [7, 11) is 0. The van der Waals surface area contributed by atoms with Crippen molar-refractivity contribution in [2.24, 2.45) is 0 Å². The Kier molecular flexibility index (Phi) is 7.68. The molecule has 0 fully saturated rings. The van der Waals surface area contributed by atoms with E-state index in [1.807, 2.05) is 0 Å². The van der Waals surface area contributed by atoms with Crippen molar-refractivity contribution >= 4 is 0 Å². The van der Waals surface area contributed by atoms with Crippen LogP contribution in [-0.2, 0) is 5.92 Å². The van der Waals surface area contributed by atoms with Crippen LogP contribution in [0.2, 0.25) is 0 Å². The molecule has 24 heteroatoms. The summed E-state index contributed by atoms with van der Waals surface area (Å²) in [4.78, 5) is 0. The lowest BCUT2D eigenvalue weighted by Crippen LogP contribution is -2.75. The lowest BCUT2D eigenvalue weighted by atomic mass is 9.85. The SMILES string of the molecule is Oc1c(F)c(F)c(F)c(F)c1C(F)(F)C(F)(F)C(F)(F)C(F)(F)C(F)(F)C(F)(F)C(F)(F)C(F)(F)C(F)(F)F. The first-order valence-corrected chi connectivity index (χ1v) is 8.32. The second-order valence-corrected chi connectivity index (χ2v) is 7.07. The van der Waals surface area contributed by atoms with Gasteiger partial charge in [0.25, 0.3) is 0 Å². The van der Waals surface area contributed by atoms with Gasteiger partial charge in [0.15, 0.2) is 17.4 Å². The van der Waals surface area contributed by atoms with Crippen LogP contribution >= 0.6 is 0 Å². The topological polar surface area (TPSA) is 20.2 Å². The number of benzene rings is 1. The van der Waals surface area contributed by atoms with E-state index in [9.17, 15) is 101 Å². The van der Waals surface area contributed by atoms with Gasteiger partial charge in [-0.1, -0.05) is 0 Å². The minimum atomic E-state index is -9.29. The quantitative estimate of drug-likeness (QED) is 0.175. The summed E-state index contributed by atoms with van der Waals surface area (Å²) < 4.78 is 304. The average Bonchev–Trinajstić information content (AvgIpc) is 2.74. The number of rotatable bonds is 8. The first-order chi connectivity index (χ1) is 16.7. The van der Waals surface area contributed by atoms with E-state index in [1.54, 1.807) is 0 Å². The highest BCUT2D eigenvalue weighted by molar-refractivity contribution is 5.42. The summed E-state index contributed by atoms with van der Waals surface area (Å²) in [6.45, 7) is 0. The lowest BCUT2D eigenvalue weighted by Gasteiger charge is -2.43. The molecule has 0 heterocycles. The molecule has 0 aliphatic heterocycles. The Balaban J connectivity index is 3.98. The Labute approximate surface area is 195 Å². The van der Waals surface area contributed by atoms with E-state index >= 15 is 0 Å². The fourth-order valence-electron chi connectivity index (χ4n) is 2.42. The van der Waals surface area contributed by atoms with Gasteiger partial charge in [0.1, 0.15) is 5.56 Å². The molecule has 0 atom stereocenters. The van der Waals surface area contributed by atoms with E-state index in [1.165, 1.54) is 0 Å². The van der Waals surface area contributed by atoms with Gasteiger partial charge in [0.05, 0.1) is 0 Å². The molecule has 0 saturated heterocycles. The Bertz CT molecular complexity index is 1080. The molecule has 1 aromatic carbocycles. The first-order valence-electron chi connectivity index (χ1n) is 8.32. The highest BCUT2D eigenvalue weighted by atomic mass is 19.4. The summed E-state index contributed by atoms with van der Waals surface area (Å²) in [5.74, 6) is -89.4. The molecule has 0 spiro atoms. The smallest absolute Gasteiger partial charge is 0.460 e. The third kappa shape index (κ3) is 4.00. The van der Waals surface area contributed by atoms with Crippen molar-refractivity contribution in [3.63, 3.8) is 0 Å². The monoisotopic (exact) mass is 634 g/mol. The molecule has 1 rings (SSSR count). The predicted octanol–water partition coefficient (Wildman–Crippen LogP) is 8.05. The summed E-state index contributed by atoms with van der Waals surface area (Å²) in [6, 6.07) is 0. The number of phenols is 1. The van der Waals surface area contributed by atoms with Gasteiger partial charge >= 0.3 is 53.6 Å². The number of hydrogen-bond acceptors (Lipinski definition) is 1. The van der Waals surface area contributed by atoms with Gasteiger partial charge in [-0.05, 0) is 0 Å². The number of aromatic hydroxyl groups is 1. The van der Waals surface area contributed by atoms with Crippen LogP contribution in [-0.4, -0.2) is 52.7 Å². The second kappa shape index (κ2) is 8.70. The molecule has 1 N–H and O–H groups in total. The van der Waals surface area contributed by atoms with E-state index in [-0.39, 0.29) is 0 Å². The lowest BCUT2D eigenvalue weighted by molar-refractivity contribution is -0.469. The van der Waals surface area contributed by atoms with Gasteiger partial charge in [0, 0.05) is 0 Å². The molecule has 0 saturated carbocycles. The van der Waals surface area contributed by atoms with E-state index in [4.69, 9.17) is 5.11 Å². The molecule has 0 radical (unpaired) electrons. The molecule has 1 nitrogen and oxygen atoms in total. The fourth-order valence-corrected chi connectivity index (χ4v) is 2.42. The maximum absolute atomic E-state index is 14.0. The van der Waals surface area contributed by atoms with Crippen LogP contribution in [0.1, 0.15) is 5.56 Å². The first kappa shape index (κ1) is 34.4. The predicted molar refractivity (Wildman–Crippen MR) is 72.5 cm³/mol. The molecule has 0 bridgehead atoms. The Morgan fingerprint density at radius 2 is 0.590 bits per heavy atom. The fraction of sp³-hybridized carbons (Fsp3) is 0.600. The zero-order valence-corrected chi connectivity index (χ0v) is 16.6. The van der Waals surface area contributed by atoms with Gasteiger partial charge in [-0.15, -0.1) is 0 Å². The van der Waals surface area contributed by atoms with E-state index in [0.717, 1.165) is 0 Å². The number of halogens is 23. The molecular weight excluding hydrogens is 633 g/mol. The minimum Gasteiger partial charge on any atom is -0.504 e. The van der Waals surface area contributed by atoms with Crippen molar-refractivity contribution in [3.05, 3.63) is 28.8 Å². The van der Waals surface area contributed by atoms with E-state index in [2.05, 4.69) is 0 Å². The number of phenolic OH excluding ortho intramolecular Hbond substituents is 1. The highest BCUT2D eigenvalue weighted by Gasteiger charge is 2.96. The molecule has 1 aromatic rings. The van der Waals surface area contributed by atoms with Gasteiger partial charge in [-0.3, -0.25) is 0 Å². The van der Waals surface area contributed by atoms with Crippen molar-refractivity contribution in [2.75, 3.05) is 0 Å². The Hall–Kier alpha value is -2.59. The third-order valence-corrected chi connectivity index (χ3v) is 4.67. The molecule has 228 valence electrons. The maximum atomic E-state index is 14.0. The van der Waals surface area contributed by atoms with Crippen LogP contribution in [0.3, 0.4) is 0 Å². The van der Waals surface area contributed by atoms with Gasteiger partial charge < -0.3 is 5.11 Å². The summed E-state index contributed by atoms with van der Waals surface area (Å²) in [5, 5.41) is 8.79. The number of hydrogen-bond donors (Lipinski definition) is 1. The zero-order chi connectivity index (χ0) is 32.0. The zero-order valence-electron chi connectivity index (χ0n) is 16.6. The van der Waals surface area contributed by atoms with E-state index in [0.29, 0.717) is 0 Å². The van der Waals surface area contributed by atoms with E-state index < -0.39 is 88.1 Å². The highest BCUT2D eigenvalue weighted by Crippen LogP contribution is 2.66. The van der Waals surface area contributed by atoms with Crippen molar-refractivity contribution < 1.29 is 106 Å². The van der Waals surface area contributed by atoms with Crippen LogP contribution < -0.4 is 0 Å². The molecule has 39 heavy (non-hydrogen) atoms. The Morgan fingerprint density at radius 3 is 0.897 bits per heavy atom. The van der Waals surface area contributed by atoms with Gasteiger partial charge in [0.2, 0.25) is 11.6 Å². The maximum Gasteiger partial charge on any atom is 0.460 e. The van der Waals surface area contributed by atoms with Crippen LogP contribution in [0, 0.1) is 23.3 Å². The van der Waals surface area contributed by atoms with Crippen molar-refractivity contribution in [1.29, 1.82) is 0 Å². The summed E-state index contributed by atoms with van der Waals surface area (Å²) >= 11 is 0. The summed E-state index contributed by atoms with van der Waals surface area (Å²) in [6.07, 6.45) is -8.07. The van der Waals surface area contributed by atoms with Crippen molar-refractivity contribution in [1.82, 2.24) is 0 Å². The molecule has 0 aromatic heterocycles. The van der Waals surface area contributed by atoms with Crippen LogP contribution in [0.4, 0.5) is 101 Å². The van der Waals surface area contributed by atoms with Crippen LogP contribution in [0.15, 0.2) is 0 Å². The molecule has 0 amide bonds. The van der Waals surface area contributed by atoms with Gasteiger partial charge in [-0.2, -0.15) is 87.8 Å². The molecule has 0 aliphatic rings. The normalized spacial score (nSPS) is 15.7. The van der Waals surface area contributed by atoms with Crippen LogP contribution in [0.25, 0.3) is 0 Å². The number of alkyl halides is 19. The van der Waals surface area contributed by atoms with Crippen LogP contribution in [0.5, 0.6) is 5.75 Å².